The number of fused-ring (bicyclic) bond motifs is 7. The average Bonchev–Trinajstić information content (AvgIpc) is 3.74. The van der Waals surface area contributed by atoms with Gasteiger partial charge in [0.05, 0.1) is 22.4 Å². The maximum Gasteiger partial charge on any atom is 0.249 e. The van der Waals surface area contributed by atoms with Crippen molar-refractivity contribution in [1.82, 2.24) is 4.57 Å². The fourth-order valence-corrected chi connectivity index (χ4v) is 18.5. The van der Waals surface area contributed by atoms with Crippen molar-refractivity contribution in [3.8, 4) is 5.69 Å². The van der Waals surface area contributed by atoms with Crippen LogP contribution in [0.3, 0.4) is 0 Å². The third kappa shape index (κ3) is 6.54. The molecule has 2 aliphatic heterocycles. The topological polar surface area (TPSA) is 11.4 Å². The predicted molar refractivity (Wildman–Crippen MR) is 308 cm³/mol. The minimum Gasteiger partial charge on any atom is -0.310 e. The van der Waals surface area contributed by atoms with Gasteiger partial charge in [-0.15, -0.1) is 0 Å². The third-order valence-corrected chi connectivity index (χ3v) is 21.3. The van der Waals surface area contributed by atoms with E-state index in [1.807, 2.05) is 11.8 Å². The summed E-state index contributed by atoms with van der Waals surface area (Å²) in [7, 11) is -1.58. The maximum absolute atomic E-state index is 2.64. The van der Waals surface area contributed by atoms with E-state index in [2.05, 4.69) is 239 Å². The van der Waals surface area contributed by atoms with E-state index in [0.29, 0.717) is 5.41 Å². The summed E-state index contributed by atoms with van der Waals surface area (Å²) in [6.45, 7) is 0.0631. The van der Waals surface area contributed by atoms with Gasteiger partial charge in [0, 0.05) is 49.0 Å². The molecule has 6 heteroatoms. The summed E-state index contributed by atoms with van der Waals surface area (Å²) in [6.07, 6.45) is 13.6. The van der Waals surface area contributed by atoms with E-state index in [1.165, 1.54) is 125 Å². The number of aromatic nitrogens is 1. The second kappa shape index (κ2) is 16.3. The molecule has 0 saturated heterocycles. The summed E-state index contributed by atoms with van der Waals surface area (Å²) in [5, 5.41) is 2.72. The van der Waals surface area contributed by atoms with Crippen LogP contribution in [0.2, 0.25) is 0 Å². The van der Waals surface area contributed by atoms with E-state index in [4.69, 9.17) is 0 Å². The standard InChI is InChI=1S/C66H56BN3S2/c1-72(2)63-38-50(68(48-18-6-3-7-19-48)49-20-8-4-9-21-49)31-32-56(63)67-55-25-13-15-27-59(55)70(62-39-52(40-64(72)65(62)67)71-51-22-10-5-11-23-51)61-29-17-16-28-60(61)69-57-26-14-12-24-53(57)54-37-47(30-33-58(54)69)66-41-44-34-45(42-66)36-46(35-44)43-66/h3-33,37-40,44-46H,34-36,41-43H2,1-2H3. The number of rotatable bonds is 8. The zero-order valence-corrected chi connectivity index (χ0v) is 42.6. The van der Waals surface area contributed by atoms with Gasteiger partial charge in [0.1, 0.15) is 0 Å². The van der Waals surface area contributed by atoms with E-state index in [1.54, 1.807) is 5.56 Å². The van der Waals surface area contributed by atoms with Gasteiger partial charge in [-0.05, 0) is 198 Å². The number of para-hydroxylation sites is 6. The first-order valence-electron chi connectivity index (χ1n) is 26.1. The van der Waals surface area contributed by atoms with Crippen molar-refractivity contribution >= 4 is 101 Å². The molecular formula is C66H56BN3S2. The quantitative estimate of drug-likeness (QED) is 0.141. The van der Waals surface area contributed by atoms with Crippen molar-refractivity contribution in [1.29, 1.82) is 0 Å². The fourth-order valence-electron chi connectivity index (χ4n) is 14.9. The summed E-state index contributed by atoms with van der Waals surface area (Å²) >= 11 is 1.88. The molecule has 0 spiro atoms. The zero-order valence-electron chi connectivity index (χ0n) is 40.9. The Balaban J connectivity index is 0.937. The molecule has 0 atom stereocenters. The summed E-state index contributed by atoms with van der Waals surface area (Å²) in [5.74, 6) is 2.72. The first kappa shape index (κ1) is 42.8. The lowest BCUT2D eigenvalue weighted by Gasteiger charge is -2.57. The maximum atomic E-state index is 2.64. The highest BCUT2D eigenvalue weighted by molar-refractivity contribution is 8.33. The van der Waals surface area contributed by atoms with Crippen LogP contribution in [-0.2, 0) is 5.41 Å². The Morgan fingerprint density at radius 3 is 1.78 bits per heavy atom. The molecule has 10 aromatic rings. The molecular weight excluding hydrogens is 910 g/mol. The number of hydrogen-bond donors (Lipinski definition) is 0. The number of hydrogen-bond acceptors (Lipinski definition) is 3. The van der Waals surface area contributed by atoms with Gasteiger partial charge in [-0.1, -0.05) is 132 Å². The Labute approximate surface area is 429 Å². The average molecular weight is 966 g/mol. The molecule has 3 nitrogen and oxygen atoms in total. The highest BCUT2D eigenvalue weighted by atomic mass is 32.3. The monoisotopic (exact) mass is 965 g/mol. The first-order chi connectivity index (χ1) is 35.4. The van der Waals surface area contributed by atoms with Crippen LogP contribution in [0.4, 0.5) is 34.1 Å². The Morgan fingerprint density at radius 1 is 0.472 bits per heavy atom. The van der Waals surface area contributed by atoms with Crippen molar-refractivity contribution in [2.75, 3.05) is 22.3 Å². The second-order valence-corrected chi connectivity index (χ2v) is 26.6. The molecule has 4 bridgehead atoms. The van der Waals surface area contributed by atoms with E-state index in [9.17, 15) is 0 Å². The molecule has 0 N–H and O–H groups in total. The Morgan fingerprint density at radius 2 is 1.07 bits per heavy atom. The predicted octanol–water partition coefficient (Wildman–Crippen LogP) is 16.0. The molecule has 4 saturated carbocycles. The molecule has 9 aromatic carbocycles. The molecule has 72 heavy (non-hydrogen) atoms. The van der Waals surface area contributed by atoms with E-state index in [0.717, 1.165) is 29.1 Å². The first-order valence-corrected chi connectivity index (χ1v) is 29.4. The van der Waals surface area contributed by atoms with E-state index < -0.39 is 10.0 Å². The van der Waals surface area contributed by atoms with Crippen LogP contribution in [-0.4, -0.2) is 23.8 Å². The van der Waals surface area contributed by atoms with Crippen LogP contribution in [0.15, 0.2) is 232 Å². The van der Waals surface area contributed by atoms with Crippen LogP contribution >= 0.6 is 21.8 Å². The smallest absolute Gasteiger partial charge is 0.249 e. The van der Waals surface area contributed by atoms with Crippen molar-refractivity contribution in [3.05, 3.63) is 218 Å². The third-order valence-electron chi connectivity index (χ3n) is 17.5. The lowest BCUT2D eigenvalue weighted by molar-refractivity contribution is -0.00512. The minimum atomic E-state index is -1.58. The zero-order chi connectivity index (χ0) is 47.7. The van der Waals surface area contributed by atoms with Crippen LogP contribution in [0, 0.1) is 17.8 Å². The van der Waals surface area contributed by atoms with Crippen molar-refractivity contribution in [2.45, 2.75) is 63.5 Å². The summed E-state index contributed by atoms with van der Waals surface area (Å²) < 4.78 is 2.59. The molecule has 4 aliphatic carbocycles. The van der Waals surface area contributed by atoms with Gasteiger partial charge in [-0.3, -0.25) is 0 Å². The molecule has 4 fully saturated rings. The van der Waals surface area contributed by atoms with Crippen molar-refractivity contribution in [2.24, 2.45) is 17.8 Å². The summed E-state index contributed by atoms with van der Waals surface area (Å²) in [5.41, 5.74) is 17.0. The molecule has 350 valence electrons. The van der Waals surface area contributed by atoms with Crippen LogP contribution in [0.5, 0.6) is 0 Å². The normalized spacial score (nSPS) is 21.3. The lowest BCUT2D eigenvalue weighted by atomic mass is 9.35. The van der Waals surface area contributed by atoms with Gasteiger partial charge in [-0.25, -0.2) is 0 Å². The molecule has 3 heterocycles. The number of benzene rings is 9. The van der Waals surface area contributed by atoms with Gasteiger partial charge < -0.3 is 14.4 Å². The Hall–Kier alpha value is -6.86. The van der Waals surface area contributed by atoms with Crippen molar-refractivity contribution < 1.29 is 0 Å². The molecule has 0 amide bonds. The van der Waals surface area contributed by atoms with Gasteiger partial charge >= 0.3 is 0 Å². The summed E-state index contributed by atoms with van der Waals surface area (Å²) in [4.78, 5) is 10.5. The van der Waals surface area contributed by atoms with Crippen LogP contribution in [0.25, 0.3) is 27.5 Å². The molecule has 16 rings (SSSR count). The second-order valence-electron chi connectivity index (χ2n) is 21.9. The van der Waals surface area contributed by atoms with Gasteiger partial charge in [0.25, 0.3) is 0 Å². The van der Waals surface area contributed by atoms with E-state index in [-0.39, 0.29) is 6.71 Å². The Kier molecular flexibility index (Phi) is 9.71. The molecule has 6 aliphatic rings. The summed E-state index contributed by atoms with van der Waals surface area (Å²) in [6, 6.07) is 80.5. The van der Waals surface area contributed by atoms with Gasteiger partial charge in [-0.2, -0.15) is 10.0 Å². The molecule has 0 unspecified atom stereocenters. The number of nitrogens with zero attached hydrogens (tertiary/aromatic N) is 3. The highest BCUT2D eigenvalue weighted by Crippen LogP contribution is 2.62. The minimum absolute atomic E-state index is 0.0631. The molecule has 0 radical (unpaired) electrons. The largest absolute Gasteiger partial charge is 0.310 e. The fraction of sp³-hybridized carbons (Fsp3) is 0.182. The van der Waals surface area contributed by atoms with Crippen LogP contribution < -0.4 is 26.2 Å². The van der Waals surface area contributed by atoms with Crippen LogP contribution in [0.1, 0.15) is 44.1 Å². The number of anilines is 6. The Bertz CT molecular complexity index is 3700. The SMILES string of the molecule is CS1(C)c2cc(N(c3ccccc3)c3ccccc3)ccc2B2c3ccccc3N(c3ccccc3-n3c4ccccc4c4cc(C56CC7CC(CC(C7)C5)C6)ccc43)c3cc(Sc4ccccc4)cc1c32. The van der Waals surface area contributed by atoms with Crippen molar-refractivity contribution in [3.63, 3.8) is 0 Å². The molecule has 1 aromatic heterocycles. The van der Waals surface area contributed by atoms with Gasteiger partial charge in [0.2, 0.25) is 6.71 Å². The highest BCUT2D eigenvalue weighted by Gasteiger charge is 2.52. The lowest BCUT2D eigenvalue weighted by Crippen LogP contribution is -2.61. The van der Waals surface area contributed by atoms with Gasteiger partial charge in [0.15, 0.2) is 0 Å². The van der Waals surface area contributed by atoms with E-state index >= 15 is 0 Å².